The topological polar surface area (TPSA) is 34.1 Å². The molecule has 0 radical (unpaired) electrons. The van der Waals surface area contributed by atoms with E-state index in [9.17, 15) is 0 Å². The summed E-state index contributed by atoms with van der Waals surface area (Å²) >= 11 is 5.83. The number of benzene rings is 1. The Morgan fingerprint density at radius 1 is 1.17 bits per heavy atom. The molecule has 0 amide bonds. The molecule has 0 atom stereocenters. The van der Waals surface area contributed by atoms with Gasteiger partial charge in [0.2, 0.25) is 0 Å². The number of ether oxygens (including phenoxy) is 1. The van der Waals surface area contributed by atoms with Crippen molar-refractivity contribution in [3.8, 4) is 5.75 Å². The normalized spacial score (nSPS) is 10.1. The van der Waals surface area contributed by atoms with E-state index in [2.05, 4.69) is 10.3 Å². The zero-order valence-electron chi connectivity index (χ0n) is 10.2. The van der Waals surface area contributed by atoms with Crippen LogP contribution in [0.5, 0.6) is 5.75 Å². The summed E-state index contributed by atoms with van der Waals surface area (Å²) in [5.41, 5.74) is 1.10. The van der Waals surface area contributed by atoms with Crippen molar-refractivity contribution < 1.29 is 4.74 Å². The Morgan fingerprint density at radius 3 is 2.78 bits per heavy atom. The van der Waals surface area contributed by atoms with Gasteiger partial charge in [-0.3, -0.25) is 0 Å². The fourth-order valence-electron chi connectivity index (χ4n) is 1.64. The Hall–Kier alpha value is -1.74. The summed E-state index contributed by atoms with van der Waals surface area (Å²) in [6.07, 6.45) is 0. The lowest BCUT2D eigenvalue weighted by Crippen LogP contribution is -2.04. The Bertz CT molecular complexity index is 517. The number of halogens is 1. The lowest BCUT2D eigenvalue weighted by atomic mass is 10.2. The largest absolute Gasteiger partial charge is 0.494 e. The molecule has 4 heteroatoms. The Kier molecular flexibility index (Phi) is 4.42. The highest BCUT2D eigenvalue weighted by Gasteiger charge is 2.02. The second-order valence-electron chi connectivity index (χ2n) is 3.74. The van der Waals surface area contributed by atoms with Gasteiger partial charge < -0.3 is 10.1 Å². The average Bonchev–Trinajstić information content (AvgIpc) is 2.38. The van der Waals surface area contributed by atoms with Crippen LogP contribution in [0.3, 0.4) is 0 Å². The van der Waals surface area contributed by atoms with Gasteiger partial charge in [0.05, 0.1) is 6.61 Å². The van der Waals surface area contributed by atoms with Crippen LogP contribution in [0.25, 0.3) is 0 Å². The molecule has 1 aromatic carbocycles. The van der Waals surface area contributed by atoms with Crippen LogP contribution >= 0.6 is 11.6 Å². The highest BCUT2D eigenvalue weighted by atomic mass is 35.5. The zero-order chi connectivity index (χ0) is 12.8. The van der Waals surface area contributed by atoms with Crippen LogP contribution in [-0.2, 0) is 6.54 Å². The highest BCUT2D eigenvalue weighted by Crippen LogP contribution is 2.19. The maximum atomic E-state index is 5.83. The molecule has 1 aromatic heterocycles. The van der Waals surface area contributed by atoms with Crippen molar-refractivity contribution in [2.75, 3.05) is 11.9 Å². The van der Waals surface area contributed by atoms with Crippen LogP contribution in [0.2, 0.25) is 5.15 Å². The summed E-state index contributed by atoms with van der Waals surface area (Å²) in [7, 11) is 0. The van der Waals surface area contributed by atoms with Gasteiger partial charge in [0.1, 0.15) is 16.7 Å². The molecule has 0 aliphatic carbocycles. The van der Waals surface area contributed by atoms with E-state index in [1.54, 1.807) is 6.07 Å². The van der Waals surface area contributed by atoms with E-state index in [1.807, 2.05) is 43.3 Å². The second kappa shape index (κ2) is 6.26. The molecule has 0 saturated carbocycles. The monoisotopic (exact) mass is 262 g/mol. The number of para-hydroxylation sites is 1. The summed E-state index contributed by atoms with van der Waals surface area (Å²) in [6, 6.07) is 13.5. The molecular formula is C14H15ClN2O. The molecule has 0 spiro atoms. The molecule has 18 heavy (non-hydrogen) atoms. The van der Waals surface area contributed by atoms with Crippen LogP contribution in [0.15, 0.2) is 42.5 Å². The number of nitrogens with zero attached hydrogens (tertiary/aromatic N) is 1. The van der Waals surface area contributed by atoms with Crippen molar-refractivity contribution in [1.82, 2.24) is 4.98 Å². The van der Waals surface area contributed by atoms with E-state index in [4.69, 9.17) is 16.3 Å². The first-order valence-corrected chi connectivity index (χ1v) is 6.24. The quantitative estimate of drug-likeness (QED) is 0.834. The molecule has 0 fully saturated rings. The summed E-state index contributed by atoms with van der Waals surface area (Å²) in [5, 5.41) is 3.71. The predicted molar refractivity (Wildman–Crippen MR) is 74.2 cm³/mol. The van der Waals surface area contributed by atoms with Gasteiger partial charge in [-0.2, -0.15) is 0 Å². The van der Waals surface area contributed by atoms with Gasteiger partial charge in [0, 0.05) is 12.1 Å². The third-order valence-electron chi connectivity index (χ3n) is 2.45. The van der Waals surface area contributed by atoms with Gasteiger partial charge in [-0.1, -0.05) is 35.9 Å². The predicted octanol–water partition coefficient (Wildman–Crippen LogP) is 3.75. The molecule has 2 aromatic rings. The van der Waals surface area contributed by atoms with Gasteiger partial charge in [0.25, 0.3) is 0 Å². The molecule has 2 rings (SSSR count). The van der Waals surface area contributed by atoms with Crippen molar-refractivity contribution >= 4 is 17.4 Å². The van der Waals surface area contributed by atoms with E-state index in [1.165, 1.54) is 0 Å². The molecular weight excluding hydrogens is 248 g/mol. The fourth-order valence-corrected chi connectivity index (χ4v) is 1.80. The van der Waals surface area contributed by atoms with Crippen LogP contribution in [0.4, 0.5) is 5.82 Å². The first-order valence-electron chi connectivity index (χ1n) is 5.86. The van der Waals surface area contributed by atoms with Crippen molar-refractivity contribution in [2.24, 2.45) is 0 Å². The minimum absolute atomic E-state index is 0.484. The molecule has 3 nitrogen and oxygen atoms in total. The molecule has 0 saturated heterocycles. The van der Waals surface area contributed by atoms with E-state index >= 15 is 0 Å². The first-order chi connectivity index (χ1) is 8.79. The lowest BCUT2D eigenvalue weighted by molar-refractivity contribution is 0.337. The summed E-state index contributed by atoms with van der Waals surface area (Å²) < 4.78 is 5.56. The molecule has 0 aliphatic rings. The zero-order valence-corrected chi connectivity index (χ0v) is 10.9. The number of pyridine rings is 1. The Labute approximate surface area is 112 Å². The van der Waals surface area contributed by atoms with E-state index in [0.717, 1.165) is 17.1 Å². The molecule has 94 valence electrons. The SMILES string of the molecule is CCOc1ccccc1CNc1cccc(Cl)n1. The van der Waals surface area contributed by atoms with Crippen molar-refractivity contribution in [3.05, 3.63) is 53.2 Å². The smallest absolute Gasteiger partial charge is 0.131 e. The average molecular weight is 263 g/mol. The second-order valence-corrected chi connectivity index (χ2v) is 4.13. The standard InChI is InChI=1S/C14H15ClN2O/c1-2-18-12-7-4-3-6-11(12)10-16-14-9-5-8-13(15)17-14/h3-9H,2,10H2,1H3,(H,16,17). The van der Waals surface area contributed by atoms with Crippen LogP contribution in [0.1, 0.15) is 12.5 Å². The van der Waals surface area contributed by atoms with E-state index in [-0.39, 0.29) is 0 Å². The van der Waals surface area contributed by atoms with Crippen molar-refractivity contribution in [1.29, 1.82) is 0 Å². The first kappa shape index (κ1) is 12.7. The number of hydrogen-bond acceptors (Lipinski definition) is 3. The molecule has 1 heterocycles. The van der Waals surface area contributed by atoms with Crippen molar-refractivity contribution in [3.63, 3.8) is 0 Å². The lowest BCUT2D eigenvalue weighted by Gasteiger charge is -2.11. The number of rotatable bonds is 5. The number of aromatic nitrogens is 1. The number of hydrogen-bond donors (Lipinski definition) is 1. The summed E-state index contributed by atoms with van der Waals surface area (Å²) in [6.45, 7) is 3.29. The van der Waals surface area contributed by atoms with Crippen LogP contribution < -0.4 is 10.1 Å². The van der Waals surface area contributed by atoms with Crippen molar-refractivity contribution in [2.45, 2.75) is 13.5 Å². The van der Waals surface area contributed by atoms with Gasteiger partial charge in [-0.15, -0.1) is 0 Å². The number of anilines is 1. The molecule has 0 aliphatic heterocycles. The highest BCUT2D eigenvalue weighted by molar-refractivity contribution is 6.29. The van der Waals surface area contributed by atoms with Crippen LogP contribution in [0, 0.1) is 0 Å². The summed E-state index contributed by atoms with van der Waals surface area (Å²) in [5.74, 6) is 1.66. The van der Waals surface area contributed by atoms with E-state index in [0.29, 0.717) is 18.3 Å². The minimum Gasteiger partial charge on any atom is -0.494 e. The van der Waals surface area contributed by atoms with Gasteiger partial charge in [-0.25, -0.2) is 4.98 Å². The van der Waals surface area contributed by atoms with E-state index < -0.39 is 0 Å². The fraction of sp³-hybridized carbons (Fsp3) is 0.214. The minimum atomic E-state index is 0.484. The molecule has 0 bridgehead atoms. The third kappa shape index (κ3) is 3.37. The van der Waals surface area contributed by atoms with Gasteiger partial charge in [-0.05, 0) is 25.1 Å². The molecule has 1 N–H and O–H groups in total. The molecule has 0 unspecified atom stereocenters. The third-order valence-corrected chi connectivity index (χ3v) is 2.66. The maximum absolute atomic E-state index is 5.83. The summed E-state index contributed by atoms with van der Waals surface area (Å²) in [4.78, 5) is 4.18. The Balaban J connectivity index is 2.06. The Morgan fingerprint density at radius 2 is 2.00 bits per heavy atom. The van der Waals surface area contributed by atoms with Gasteiger partial charge >= 0.3 is 0 Å². The number of nitrogens with one attached hydrogen (secondary N) is 1. The van der Waals surface area contributed by atoms with Gasteiger partial charge in [0.15, 0.2) is 0 Å². The van der Waals surface area contributed by atoms with Crippen LogP contribution in [-0.4, -0.2) is 11.6 Å². The maximum Gasteiger partial charge on any atom is 0.131 e.